The van der Waals surface area contributed by atoms with E-state index in [2.05, 4.69) is 10.4 Å². The third kappa shape index (κ3) is 4.16. The fraction of sp³-hybridized carbons (Fsp3) is 0.636. The minimum Gasteiger partial charge on any atom is -0.478 e. The number of aromatic nitrogens is 2. The Kier molecular flexibility index (Phi) is 5.65. The van der Waals surface area contributed by atoms with Crippen LogP contribution in [-0.4, -0.2) is 41.1 Å². The van der Waals surface area contributed by atoms with Gasteiger partial charge in [-0.2, -0.15) is 5.10 Å². The molecule has 0 saturated carbocycles. The zero-order chi connectivity index (χ0) is 12.7. The molecule has 2 N–H and O–H groups in total. The lowest BCUT2D eigenvalue weighted by Gasteiger charge is -2.06. The summed E-state index contributed by atoms with van der Waals surface area (Å²) in [4.78, 5) is 10.9. The maximum Gasteiger partial charge on any atom is 0.339 e. The standard InChI is InChI=1S/C11H19N3O3/c1-14-10(9(7-13-14)11(15)16)8-12-5-3-4-6-17-2/h7,12H,3-6,8H2,1-2H3,(H,15,16). The van der Waals surface area contributed by atoms with Crippen molar-refractivity contribution in [3.05, 3.63) is 17.5 Å². The van der Waals surface area contributed by atoms with E-state index in [0.717, 1.165) is 26.0 Å². The summed E-state index contributed by atoms with van der Waals surface area (Å²) >= 11 is 0. The predicted octanol–water partition coefficient (Wildman–Crippen LogP) is 0.634. The maximum absolute atomic E-state index is 10.9. The largest absolute Gasteiger partial charge is 0.478 e. The molecule has 0 fully saturated rings. The van der Waals surface area contributed by atoms with Gasteiger partial charge in [0.15, 0.2) is 0 Å². The maximum atomic E-state index is 10.9. The molecule has 0 aliphatic carbocycles. The van der Waals surface area contributed by atoms with Gasteiger partial charge in [0, 0.05) is 27.3 Å². The topological polar surface area (TPSA) is 76.4 Å². The van der Waals surface area contributed by atoms with E-state index in [-0.39, 0.29) is 5.56 Å². The molecular formula is C11H19N3O3. The number of carboxylic acid groups (broad SMARTS) is 1. The average Bonchev–Trinajstić information content (AvgIpc) is 2.65. The molecule has 1 heterocycles. The molecule has 17 heavy (non-hydrogen) atoms. The number of ether oxygens (including phenoxy) is 1. The van der Waals surface area contributed by atoms with Crippen LogP contribution in [0.3, 0.4) is 0 Å². The number of carboxylic acids is 1. The van der Waals surface area contributed by atoms with Crippen molar-refractivity contribution in [2.24, 2.45) is 7.05 Å². The summed E-state index contributed by atoms with van der Waals surface area (Å²) in [6, 6.07) is 0. The first-order chi connectivity index (χ1) is 8.16. The van der Waals surface area contributed by atoms with Crippen LogP contribution in [0.5, 0.6) is 0 Å². The second kappa shape index (κ2) is 7.03. The van der Waals surface area contributed by atoms with Crippen LogP contribution in [0.2, 0.25) is 0 Å². The van der Waals surface area contributed by atoms with Crippen LogP contribution in [-0.2, 0) is 18.3 Å². The lowest BCUT2D eigenvalue weighted by molar-refractivity contribution is 0.0695. The molecule has 6 heteroatoms. The van der Waals surface area contributed by atoms with Crippen molar-refractivity contribution in [3.63, 3.8) is 0 Å². The summed E-state index contributed by atoms with van der Waals surface area (Å²) in [5.74, 6) is -0.936. The van der Waals surface area contributed by atoms with Crippen molar-refractivity contribution >= 4 is 5.97 Å². The van der Waals surface area contributed by atoms with Crippen molar-refractivity contribution in [2.75, 3.05) is 20.3 Å². The summed E-state index contributed by atoms with van der Waals surface area (Å²) in [5, 5.41) is 16.1. The second-order valence-electron chi connectivity index (χ2n) is 3.81. The van der Waals surface area contributed by atoms with Gasteiger partial charge in [-0.15, -0.1) is 0 Å². The Labute approximate surface area is 101 Å². The number of unbranched alkanes of at least 4 members (excludes halogenated alkanes) is 1. The van der Waals surface area contributed by atoms with Crippen LogP contribution in [0.1, 0.15) is 28.9 Å². The zero-order valence-corrected chi connectivity index (χ0v) is 10.3. The number of rotatable bonds is 8. The summed E-state index contributed by atoms with van der Waals surface area (Å²) in [7, 11) is 3.43. The molecule has 6 nitrogen and oxygen atoms in total. The molecule has 1 rings (SSSR count). The van der Waals surface area contributed by atoms with Crippen LogP contribution in [0.15, 0.2) is 6.20 Å². The van der Waals surface area contributed by atoms with Gasteiger partial charge in [-0.05, 0) is 19.4 Å². The van der Waals surface area contributed by atoms with Crippen LogP contribution in [0, 0.1) is 0 Å². The van der Waals surface area contributed by atoms with Crippen LogP contribution in [0.4, 0.5) is 0 Å². The fourth-order valence-electron chi connectivity index (χ4n) is 1.55. The number of hydrogen-bond donors (Lipinski definition) is 2. The van der Waals surface area contributed by atoms with Crippen molar-refractivity contribution < 1.29 is 14.6 Å². The van der Waals surface area contributed by atoms with Gasteiger partial charge >= 0.3 is 5.97 Å². The van der Waals surface area contributed by atoms with E-state index in [0.29, 0.717) is 12.2 Å². The molecule has 0 aliphatic heterocycles. The van der Waals surface area contributed by atoms with E-state index in [1.807, 2.05) is 0 Å². The molecule has 0 saturated heterocycles. The number of methoxy groups -OCH3 is 1. The lowest BCUT2D eigenvalue weighted by atomic mass is 10.2. The predicted molar refractivity (Wildman–Crippen MR) is 63.0 cm³/mol. The highest BCUT2D eigenvalue weighted by Crippen LogP contribution is 2.06. The number of nitrogens with one attached hydrogen (secondary N) is 1. The van der Waals surface area contributed by atoms with Gasteiger partial charge in [-0.3, -0.25) is 4.68 Å². The average molecular weight is 241 g/mol. The fourth-order valence-corrected chi connectivity index (χ4v) is 1.55. The van der Waals surface area contributed by atoms with Crippen molar-refractivity contribution in [1.29, 1.82) is 0 Å². The van der Waals surface area contributed by atoms with Gasteiger partial charge in [-0.25, -0.2) is 4.79 Å². The molecule has 0 amide bonds. The molecule has 96 valence electrons. The third-order valence-corrected chi connectivity index (χ3v) is 2.54. The highest BCUT2D eigenvalue weighted by atomic mass is 16.5. The van der Waals surface area contributed by atoms with Crippen molar-refractivity contribution in [2.45, 2.75) is 19.4 Å². The number of aryl methyl sites for hydroxylation is 1. The van der Waals surface area contributed by atoms with Gasteiger partial charge in [0.25, 0.3) is 0 Å². The molecule has 0 radical (unpaired) electrons. The molecule has 0 atom stereocenters. The van der Waals surface area contributed by atoms with Gasteiger partial charge in [0.1, 0.15) is 5.56 Å². The van der Waals surface area contributed by atoms with E-state index >= 15 is 0 Å². The number of hydrogen-bond acceptors (Lipinski definition) is 4. The number of nitrogens with zero attached hydrogens (tertiary/aromatic N) is 2. The lowest BCUT2D eigenvalue weighted by Crippen LogP contribution is -2.19. The summed E-state index contributed by atoms with van der Waals surface area (Å²) < 4.78 is 6.53. The Morgan fingerprint density at radius 3 is 3.00 bits per heavy atom. The zero-order valence-electron chi connectivity index (χ0n) is 10.3. The first-order valence-electron chi connectivity index (χ1n) is 5.60. The molecule has 0 aliphatic rings. The monoisotopic (exact) mass is 241 g/mol. The van der Waals surface area contributed by atoms with Gasteiger partial charge in [-0.1, -0.05) is 0 Å². The molecule has 0 unspecified atom stereocenters. The van der Waals surface area contributed by atoms with Crippen LogP contribution < -0.4 is 5.32 Å². The van der Waals surface area contributed by atoms with Crippen molar-refractivity contribution in [1.82, 2.24) is 15.1 Å². The molecule has 0 bridgehead atoms. The minimum absolute atomic E-state index is 0.261. The van der Waals surface area contributed by atoms with Crippen molar-refractivity contribution in [3.8, 4) is 0 Å². The normalized spacial score (nSPS) is 10.7. The Morgan fingerprint density at radius 2 is 2.35 bits per heavy atom. The second-order valence-corrected chi connectivity index (χ2v) is 3.81. The first kappa shape index (κ1) is 13.7. The quantitative estimate of drug-likeness (QED) is 0.653. The van der Waals surface area contributed by atoms with Crippen LogP contribution in [0.25, 0.3) is 0 Å². The van der Waals surface area contributed by atoms with Gasteiger partial charge < -0.3 is 15.2 Å². The molecule has 0 spiro atoms. The summed E-state index contributed by atoms with van der Waals surface area (Å²) in [6.45, 7) is 2.12. The Bertz CT molecular complexity index is 363. The molecule has 1 aromatic heterocycles. The van der Waals surface area contributed by atoms with E-state index in [1.165, 1.54) is 6.20 Å². The third-order valence-electron chi connectivity index (χ3n) is 2.54. The molecule has 0 aromatic carbocycles. The SMILES string of the molecule is COCCCCNCc1c(C(=O)O)cnn1C. The van der Waals surface area contributed by atoms with E-state index in [4.69, 9.17) is 9.84 Å². The van der Waals surface area contributed by atoms with E-state index in [1.54, 1.807) is 18.8 Å². The molecule has 1 aromatic rings. The summed E-state index contributed by atoms with van der Waals surface area (Å²) in [5.41, 5.74) is 0.959. The first-order valence-corrected chi connectivity index (χ1v) is 5.60. The van der Waals surface area contributed by atoms with Gasteiger partial charge in [0.05, 0.1) is 11.9 Å². The minimum atomic E-state index is -0.936. The highest BCUT2D eigenvalue weighted by molar-refractivity contribution is 5.88. The number of carbonyl (C=O) groups is 1. The van der Waals surface area contributed by atoms with Gasteiger partial charge in [0.2, 0.25) is 0 Å². The Morgan fingerprint density at radius 1 is 1.59 bits per heavy atom. The smallest absolute Gasteiger partial charge is 0.339 e. The van der Waals surface area contributed by atoms with Crippen LogP contribution >= 0.6 is 0 Å². The summed E-state index contributed by atoms with van der Waals surface area (Å²) in [6.07, 6.45) is 3.39. The molecular weight excluding hydrogens is 222 g/mol. The highest BCUT2D eigenvalue weighted by Gasteiger charge is 2.13. The number of aromatic carboxylic acids is 1. The van der Waals surface area contributed by atoms with E-state index in [9.17, 15) is 4.79 Å². The Balaban J connectivity index is 2.36. The Hall–Kier alpha value is -1.40. The van der Waals surface area contributed by atoms with E-state index < -0.39 is 5.97 Å².